The summed E-state index contributed by atoms with van der Waals surface area (Å²) in [7, 11) is 0. The molecule has 0 saturated heterocycles. The molecule has 3 aromatic carbocycles. The Hall–Kier alpha value is -2.37. The highest BCUT2D eigenvalue weighted by molar-refractivity contribution is 9.10. The Morgan fingerprint density at radius 2 is 1.86 bits per heavy atom. The predicted molar refractivity (Wildman–Crippen MR) is 116 cm³/mol. The molecular formula is C23H18BrClFNO2. The molecule has 3 nitrogen and oxygen atoms in total. The molecule has 29 heavy (non-hydrogen) atoms. The second-order valence-corrected chi connectivity index (χ2v) is 8.20. The molecule has 1 atom stereocenters. The molecule has 1 aliphatic rings. The quantitative estimate of drug-likeness (QED) is 0.406. The van der Waals surface area contributed by atoms with E-state index in [9.17, 15) is 9.18 Å². The molecule has 3 aromatic rings. The van der Waals surface area contributed by atoms with Crippen LogP contribution in [0.25, 0.3) is 0 Å². The lowest BCUT2D eigenvalue weighted by atomic mass is 9.91. The number of amides is 1. The highest BCUT2D eigenvalue weighted by Crippen LogP contribution is 2.44. The first-order valence-electron chi connectivity index (χ1n) is 9.26. The minimum absolute atomic E-state index is 0.173. The highest BCUT2D eigenvalue weighted by atomic mass is 79.9. The number of ether oxygens (including phenoxy) is 1. The number of fused-ring (bicyclic) bond motifs is 1. The second kappa shape index (κ2) is 8.56. The largest absolute Gasteiger partial charge is 0.444 e. The van der Waals surface area contributed by atoms with Crippen LogP contribution in [0.1, 0.15) is 29.2 Å². The smallest absolute Gasteiger partial charge is 0.415 e. The zero-order chi connectivity index (χ0) is 20.4. The third-order valence-electron chi connectivity index (χ3n) is 5.00. The second-order valence-electron chi connectivity index (χ2n) is 6.91. The lowest BCUT2D eigenvalue weighted by Crippen LogP contribution is -2.39. The van der Waals surface area contributed by atoms with Crippen LogP contribution in [0.2, 0.25) is 5.02 Å². The molecule has 0 radical (unpaired) electrons. The van der Waals surface area contributed by atoms with Crippen LogP contribution in [-0.2, 0) is 17.8 Å². The number of carbonyl (C=O) groups is 1. The SMILES string of the molecule is O=C(OCc1ccccc1)N1c2c(Br)cc(Cl)cc2CCC1c1ccc(F)cc1. The topological polar surface area (TPSA) is 29.5 Å². The minimum atomic E-state index is -0.452. The molecule has 1 heterocycles. The molecule has 0 saturated carbocycles. The van der Waals surface area contributed by atoms with Gasteiger partial charge in [-0.1, -0.05) is 54.1 Å². The maximum Gasteiger partial charge on any atom is 0.415 e. The summed E-state index contributed by atoms with van der Waals surface area (Å²) in [6, 6.07) is 19.2. The molecule has 4 rings (SSSR count). The monoisotopic (exact) mass is 473 g/mol. The van der Waals surface area contributed by atoms with Gasteiger partial charge in [0.1, 0.15) is 12.4 Å². The van der Waals surface area contributed by atoms with E-state index in [0.717, 1.165) is 33.3 Å². The summed E-state index contributed by atoms with van der Waals surface area (Å²) in [6.45, 7) is 0.173. The predicted octanol–water partition coefficient (Wildman–Crippen LogP) is 7.07. The number of hydrogen-bond donors (Lipinski definition) is 0. The molecular weight excluding hydrogens is 457 g/mol. The van der Waals surface area contributed by atoms with E-state index in [1.165, 1.54) is 12.1 Å². The summed E-state index contributed by atoms with van der Waals surface area (Å²) in [4.78, 5) is 14.8. The van der Waals surface area contributed by atoms with Crippen LogP contribution in [0.5, 0.6) is 0 Å². The third-order valence-corrected chi connectivity index (χ3v) is 5.83. The van der Waals surface area contributed by atoms with E-state index in [0.29, 0.717) is 11.4 Å². The fourth-order valence-electron chi connectivity index (χ4n) is 3.66. The number of rotatable bonds is 3. The lowest BCUT2D eigenvalue weighted by molar-refractivity contribution is 0.143. The first-order valence-corrected chi connectivity index (χ1v) is 10.4. The Morgan fingerprint density at radius 3 is 2.59 bits per heavy atom. The van der Waals surface area contributed by atoms with Crippen molar-refractivity contribution >= 4 is 39.3 Å². The fraction of sp³-hybridized carbons (Fsp3) is 0.174. The van der Waals surface area contributed by atoms with Gasteiger partial charge in [0.05, 0.1) is 11.7 Å². The van der Waals surface area contributed by atoms with Crippen LogP contribution in [0.4, 0.5) is 14.9 Å². The molecule has 0 spiro atoms. The third kappa shape index (κ3) is 4.31. The van der Waals surface area contributed by atoms with Crippen LogP contribution in [0.15, 0.2) is 71.2 Å². The van der Waals surface area contributed by atoms with Gasteiger partial charge in [0, 0.05) is 9.50 Å². The fourth-order valence-corrected chi connectivity index (χ4v) is 4.73. The van der Waals surface area contributed by atoms with Crippen molar-refractivity contribution in [2.75, 3.05) is 4.90 Å². The molecule has 1 amide bonds. The first kappa shape index (κ1) is 19.9. The van der Waals surface area contributed by atoms with Gasteiger partial charge in [0.25, 0.3) is 0 Å². The van der Waals surface area contributed by atoms with E-state index in [1.54, 1.807) is 23.1 Å². The van der Waals surface area contributed by atoms with Crippen molar-refractivity contribution in [2.24, 2.45) is 0 Å². The number of nitrogens with zero attached hydrogens (tertiary/aromatic N) is 1. The Kier molecular flexibility index (Phi) is 5.88. The van der Waals surface area contributed by atoms with E-state index >= 15 is 0 Å². The van der Waals surface area contributed by atoms with E-state index in [2.05, 4.69) is 15.9 Å². The van der Waals surface area contributed by atoms with Crippen molar-refractivity contribution in [1.29, 1.82) is 0 Å². The average molecular weight is 475 g/mol. The average Bonchev–Trinajstić information content (AvgIpc) is 2.72. The lowest BCUT2D eigenvalue weighted by Gasteiger charge is -2.37. The number of anilines is 1. The van der Waals surface area contributed by atoms with Crippen molar-refractivity contribution in [3.05, 3.63) is 98.7 Å². The van der Waals surface area contributed by atoms with Crippen LogP contribution in [0.3, 0.4) is 0 Å². The molecule has 1 unspecified atom stereocenters. The van der Waals surface area contributed by atoms with E-state index < -0.39 is 6.09 Å². The van der Waals surface area contributed by atoms with Crippen molar-refractivity contribution in [3.63, 3.8) is 0 Å². The molecule has 148 valence electrons. The van der Waals surface area contributed by atoms with E-state index in [1.807, 2.05) is 36.4 Å². The van der Waals surface area contributed by atoms with Crippen LogP contribution < -0.4 is 4.90 Å². The normalized spacial score (nSPS) is 15.7. The van der Waals surface area contributed by atoms with Gasteiger partial charge in [-0.05, 0) is 69.7 Å². The van der Waals surface area contributed by atoms with Gasteiger partial charge in [0.15, 0.2) is 0 Å². The van der Waals surface area contributed by atoms with Gasteiger partial charge in [-0.2, -0.15) is 0 Å². The Morgan fingerprint density at radius 1 is 1.14 bits per heavy atom. The Labute approximate surface area is 182 Å². The summed E-state index contributed by atoms with van der Waals surface area (Å²) in [6.07, 6.45) is 0.984. The van der Waals surface area contributed by atoms with Crippen molar-refractivity contribution < 1.29 is 13.9 Å². The van der Waals surface area contributed by atoms with Crippen LogP contribution >= 0.6 is 27.5 Å². The molecule has 0 aromatic heterocycles. The maximum absolute atomic E-state index is 13.4. The number of halogens is 3. The standard InChI is InChI=1S/C23H18BrClFNO2/c24-20-13-18(25)12-17-8-11-21(16-6-9-19(26)10-7-16)27(22(17)20)23(28)29-14-15-4-2-1-3-5-15/h1-7,9-10,12-13,21H,8,11,14H2. The van der Waals surface area contributed by atoms with Crippen molar-refractivity contribution in [3.8, 4) is 0 Å². The summed E-state index contributed by atoms with van der Waals surface area (Å²) in [5.74, 6) is -0.309. The number of hydrogen-bond acceptors (Lipinski definition) is 2. The van der Waals surface area contributed by atoms with Crippen molar-refractivity contribution in [2.45, 2.75) is 25.5 Å². The van der Waals surface area contributed by atoms with Gasteiger partial charge < -0.3 is 4.74 Å². The molecule has 0 fully saturated rings. The summed E-state index contributed by atoms with van der Waals surface area (Å²) in [5, 5.41) is 0.605. The Bertz CT molecular complexity index is 1030. The highest BCUT2D eigenvalue weighted by Gasteiger charge is 2.35. The van der Waals surface area contributed by atoms with Gasteiger partial charge >= 0.3 is 6.09 Å². The Balaban J connectivity index is 1.70. The van der Waals surface area contributed by atoms with Crippen LogP contribution in [0, 0.1) is 5.82 Å². The maximum atomic E-state index is 13.4. The summed E-state index contributed by atoms with van der Waals surface area (Å²) < 4.78 is 19.8. The van der Waals surface area contributed by atoms with E-state index in [-0.39, 0.29) is 18.5 Å². The van der Waals surface area contributed by atoms with E-state index in [4.69, 9.17) is 16.3 Å². The molecule has 0 bridgehead atoms. The molecule has 1 aliphatic heterocycles. The zero-order valence-corrected chi connectivity index (χ0v) is 17.8. The van der Waals surface area contributed by atoms with Crippen molar-refractivity contribution in [1.82, 2.24) is 0 Å². The van der Waals surface area contributed by atoms with Crippen LogP contribution in [-0.4, -0.2) is 6.09 Å². The molecule has 0 N–H and O–H groups in total. The molecule has 6 heteroatoms. The minimum Gasteiger partial charge on any atom is -0.444 e. The summed E-state index contributed by atoms with van der Waals surface area (Å²) in [5.41, 5.74) is 3.48. The first-order chi connectivity index (χ1) is 14.0. The summed E-state index contributed by atoms with van der Waals surface area (Å²) >= 11 is 9.77. The van der Waals surface area contributed by atoms with Gasteiger partial charge in [-0.25, -0.2) is 9.18 Å². The van der Waals surface area contributed by atoms with Gasteiger partial charge in [-0.15, -0.1) is 0 Å². The number of benzene rings is 3. The number of carbonyl (C=O) groups excluding carboxylic acids is 1. The number of aryl methyl sites for hydroxylation is 1. The molecule has 0 aliphatic carbocycles. The zero-order valence-electron chi connectivity index (χ0n) is 15.4. The van der Waals surface area contributed by atoms with Gasteiger partial charge in [-0.3, -0.25) is 4.90 Å². The van der Waals surface area contributed by atoms with Gasteiger partial charge in [0.2, 0.25) is 0 Å².